The summed E-state index contributed by atoms with van der Waals surface area (Å²) in [5, 5.41) is 15.6. The number of carbonyl (C=O) groups is 2. The van der Waals surface area contributed by atoms with Crippen molar-refractivity contribution < 1.29 is 14.7 Å². The molecule has 0 radical (unpaired) electrons. The van der Waals surface area contributed by atoms with Crippen LogP contribution in [0.5, 0.6) is 0 Å². The van der Waals surface area contributed by atoms with Crippen LogP contribution in [0.1, 0.15) is 20.3 Å². The van der Waals surface area contributed by atoms with Gasteiger partial charge in [-0.05, 0) is 11.4 Å². The molecular weight excluding hydrogens is 250 g/mol. The monoisotopic (exact) mass is 269 g/mol. The van der Waals surface area contributed by atoms with Crippen LogP contribution >= 0.6 is 0 Å². The van der Waals surface area contributed by atoms with Crippen molar-refractivity contribution in [2.45, 2.75) is 38.5 Å². The van der Waals surface area contributed by atoms with Crippen LogP contribution in [-0.2, 0) is 9.59 Å². The summed E-state index contributed by atoms with van der Waals surface area (Å²) < 4.78 is 0. The summed E-state index contributed by atoms with van der Waals surface area (Å²) in [7, 11) is 1.48. The lowest BCUT2D eigenvalue weighted by molar-refractivity contribution is -0.140. The second kappa shape index (κ2) is 6.40. The number of β-amino-alcohol motifs (C(OH)–C–C–N with tert-alkyl or cyclic N) is 1. The number of azide groups is 1. The number of amides is 2. The molecule has 1 saturated heterocycles. The fraction of sp³-hybridized carbons (Fsp3) is 0.818. The Morgan fingerprint density at radius 2 is 2.16 bits per heavy atom. The molecule has 1 aliphatic heterocycles. The van der Waals surface area contributed by atoms with E-state index in [0.717, 1.165) is 0 Å². The lowest BCUT2D eigenvalue weighted by Gasteiger charge is -2.27. The van der Waals surface area contributed by atoms with Crippen molar-refractivity contribution in [3.63, 3.8) is 0 Å². The number of nitrogens with one attached hydrogen (secondary N) is 1. The van der Waals surface area contributed by atoms with E-state index in [9.17, 15) is 14.7 Å². The smallest absolute Gasteiger partial charge is 0.242 e. The first-order chi connectivity index (χ1) is 8.92. The minimum absolute atomic E-state index is 0.0844. The Labute approximate surface area is 111 Å². The Balaban J connectivity index is 2.95. The molecule has 0 saturated carbocycles. The van der Waals surface area contributed by atoms with Gasteiger partial charge in [0.25, 0.3) is 0 Å². The molecule has 0 bridgehead atoms. The summed E-state index contributed by atoms with van der Waals surface area (Å²) in [6.07, 6.45) is -0.530. The van der Waals surface area contributed by atoms with Crippen molar-refractivity contribution in [1.82, 2.24) is 10.2 Å². The number of hydrogen-bond donors (Lipinski definition) is 2. The second-order valence-corrected chi connectivity index (χ2v) is 4.90. The zero-order valence-corrected chi connectivity index (χ0v) is 11.3. The summed E-state index contributed by atoms with van der Waals surface area (Å²) in [5.41, 5.74) is 8.51. The molecule has 106 valence electrons. The highest BCUT2D eigenvalue weighted by Crippen LogP contribution is 2.22. The minimum Gasteiger partial charge on any atom is -0.391 e. The van der Waals surface area contributed by atoms with Gasteiger partial charge < -0.3 is 15.3 Å². The van der Waals surface area contributed by atoms with Crippen molar-refractivity contribution in [3.05, 3.63) is 10.4 Å². The molecule has 2 N–H and O–H groups in total. The summed E-state index contributed by atoms with van der Waals surface area (Å²) in [5.74, 6) is -0.919. The molecule has 19 heavy (non-hydrogen) atoms. The number of likely N-dealkylation sites (N-methyl/N-ethyl adjacent to an activating group) is 1. The van der Waals surface area contributed by atoms with Crippen LogP contribution in [0.4, 0.5) is 0 Å². The molecule has 1 fully saturated rings. The molecule has 3 atom stereocenters. The van der Waals surface area contributed by atoms with Crippen LogP contribution in [0.15, 0.2) is 5.11 Å². The normalized spacial score (nSPS) is 23.9. The number of hydrogen-bond acceptors (Lipinski definition) is 4. The fourth-order valence-corrected chi connectivity index (χ4v) is 2.17. The van der Waals surface area contributed by atoms with E-state index in [2.05, 4.69) is 15.3 Å². The van der Waals surface area contributed by atoms with Gasteiger partial charge in [0.05, 0.1) is 6.10 Å². The van der Waals surface area contributed by atoms with Crippen LogP contribution < -0.4 is 5.32 Å². The molecule has 1 heterocycles. The van der Waals surface area contributed by atoms with Crippen molar-refractivity contribution in [1.29, 1.82) is 0 Å². The summed E-state index contributed by atoms with van der Waals surface area (Å²) in [6, 6.07) is -1.56. The van der Waals surface area contributed by atoms with Gasteiger partial charge in [0, 0.05) is 24.9 Å². The maximum Gasteiger partial charge on any atom is 0.242 e. The quantitative estimate of drug-likeness (QED) is 0.425. The highest BCUT2D eigenvalue weighted by molar-refractivity contribution is 5.90. The number of carbonyl (C=O) groups excluding carboxylic acids is 2. The third-order valence-electron chi connectivity index (χ3n) is 3.17. The Morgan fingerprint density at radius 3 is 2.63 bits per heavy atom. The molecule has 0 spiro atoms. The van der Waals surface area contributed by atoms with Gasteiger partial charge in [0.1, 0.15) is 12.1 Å². The van der Waals surface area contributed by atoms with E-state index in [0.29, 0.717) is 0 Å². The summed E-state index contributed by atoms with van der Waals surface area (Å²) >= 11 is 0. The van der Waals surface area contributed by atoms with E-state index < -0.39 is 24.1 Å². The number of rotatable bonds is 4. The highest BCUT2D eigenvalue weighted by atomic mass is 16.3. The first-order valence-corrected chi connectivity index (χ1v) is 6.16. The predicted molar refractivity (Wildman–Crippen MR) is 68.0 cm³/mol. The van der Waals surface area contributed by atoms with Crippen LogP contribution in [0.25, 0.3) is 10.4 Å². The zero-order valence-electron chi connectivity index (χ0n) is 11.3. The number of likely N-dealkylation sites (tertiary alicyclic amines) is 1. The average Bonchev–Trinajstić information content (AvgIpc) is 2.76. The number of nitrogens with zero attached hydrogens (tertiary/aromatic N) is 4. The molecule has 0 aromatic rings. The Morgan fingerprint density at radius 1 is 1.53 bits per heavy atom. The van der Waals surface area contributed by atoms with Gasteiger partial charge in [0.2, 0.25) is 11.8 Å². The van der Waals surface area contributed by atoms with Crippen LogP contribution in [-0.4, -0.2) is 53.6 Å². The van der Waals surface area contributed by atoms with Gasteiger partial charge >= 0.3 is 0 Å². The van der Waals surface area contributed by atoms with Gasteiger partial charge in [-0.1, -0.05) is 19.0 Å². The van der Waals surface area contributed by atoms with E-state index in [1.54, 1.807) is 13.8 Å². The molecule has 0 aromatic heterocycles. The summed E-state index contributed by atoms with van der Waals surface area (Å²) in [4.78, 5) is 28.0. The van der Waals surface area contributed by atoms with Crippen LogP contribution in [0.2, 0.25) is 0 Å². The molecule has 8 nitrogen and oxygen atoms in total. The molecule has 1 aliphatic rings. The van der Waals surface area contributed by atoms with Gasteiger partial charge in [-0.25, -0.2) is 0 Å². The third kappa shape index (κ3) is 3.36. The van der Waals surface area contributed by atoms with Gasteiger partial charge in [0.15, 0.2) is 0 Å². The topological polar surface area (TPSA) is 118 Å². The fourth-order valence-electron chi connectivity index (χ4n) is 2.17. The molecule has 0 aromatic carbocycles. The summed E-state index contributed by atoms with van der Waals surface area (Å²) in [6.45, 7) is 3.61. The largest absolute Gasteiger partial charge is 0.391 e. The van der Waals surface area contributed by atoms with Gasteiger partial charge in [-0.2, -0.15) is 0 Å². The molecule has 2 amide bonds. The first-order valence-electron chi connectivity index (χ1n) is 6.16. The average molecular weight is 269 g/mol. The van der Waals surface area contributed by atoms with Crippen molar-refractivity contribution in [2.75, 3.05) is 13.6 Å². The van der Waals surface area contributed by atoms with Gasteiger partial charge in [-0.3, -0.25) is 9.59 Å². The highest BCUT2D eigenvalue weighted by Gasteiger charge is 2.41. The number of aliphatic hydroxyl groups is 1. The maximum absolute atomic E-state index is 12.3. The van der Waals surface area contributed by atoms with E-state index in [4.69, 9.17) is 5.53 Å². The molecule has 1 rings (SSSR count). The molecule has 8 heteroatoms. The van der Waals surface area contributed by atoms with E-state index >= 15 is 0 Å². The Bertz CT molecular complexity index is 405. The van der Waals surface area contributed by atoms with Crippen molar-refractivity contribution in [2.24, 2.45) is 11.0 Å². The Hall–Kier alpha value is -1.79. The lowest BCUT2D eigenvalue weighted by Crippen LogP contribution is -2.49. The molecular formula is C11H19N5O3. The standard InChI is InChI=1S/C11H19N5O3/c1-6(2)9(14-15-12)11(19)16-5-7(17)4-8(16)10(18)13-3/h6-9,17H,4-5H2,1-3H3,(H,13,18)/t7?,8-,9?/m1/s1. The molecule has 0 aliphatic carbocycles. The predicted octanol–water partition coefficient (Wildman–Crippen LogP) is 0.0291. The zero-order chi connectivity index (χ0) is 14.6. The Kier molecular flexibility index (Phi) is 5.14. The SMILES string of the molecule is CNC(=O)[C@H]1CC(O)CN1C(=O)C(N=[N+]=[N-])C(C)C. The van der Waals surface area contributed by atoms with Crippen molar-refractivity contribution in [3.8, 4) is 0 Å². The lowest BCUT2D eigenvalue weighted by atomic mass is 10.0. The van der Waals surface area contributed by atoms with E-state index in [1.807, 2.05) is 0 Å². The second-order valence-electron chi connectivity index (χ2n) is 4.90. The number of aliphatic hydroxyl groups excluding tert-OH is 1. The van der Waals surface area contributed by atoms with Crippen LogP contribution in [0.3, 0.4) is 0 Å². The minimum atomic E-state index is -0.859. The third-order valence-corrected chi connectivity index (χ3v) is 3.17. The van der Waals surface area contributed by atoms with E-state index in [1.165, 1.54) is 11.9 Å². The molecule has 2 unspecified atom stereocenters. The van der Waals surface area contributed by atoms with Crippen LogP contribution in [0, 0.1) is 5.92 Å². The van der Waals surface area contributed by atoms with Crippen molar-refractivity contribution >= 4 is 11.8 Å². The maximum atomic E-state index is 12.3. The van der Waals surface area contributed by atoms with E-state index in [-0.39, 0.29) is 24.8 Å². The van der Waals surface area contributed by atoms with Gasteiger partial charge in [-0.15, -0.1) is 0 Å². The first kappa shape index (κ1) is 15.3.